The first kappa shape index (κ1) is 16.9. The summed E-state index contributed by atoms with van der Waals surface area (Å²) in [5.41, 5.74) is 2.23. The van der Waals surface area contributed by atoms with Crippen LogP contribution in [0.4, 0.5) is 11.6 Å². The number of amides is 2. The third-order valence-electron chi connectivity index (χ3n) is 4.18. The van der Waals surface area contributed by atoms with Crippen molar-refractivity contribution in [3.05, 3.63) is 47.8 Å². The number of carbonyl (C=O) groups excluding carboxylic acids is 2. The smallest absolute Gasteiger partial charge is 0.258 e. The van der Waals surface area contributed by atoms with Gasteiger partial charge in [-0.2, -0.15) is 0 Å². The van der Waals surface area contributed by atoms with Gasteiger partial charge in [0.2, 0.25) is 11.9 Å². The van der Waals surface area contributed by atoms with Gasteiger partial charge in [0.25, 0.3) is 5.91 Å². The summed E-state index contributed by atoms with van der Waals surface area (Å²) in [6, 6.07) is 7.61. The monoisotopic (exact) mass is 339 g/mol. The minimum Gasteiger partial charge on any atom is -0.339 e. The predicted octanol–water partition coefficient (Wildman–Crippen LogP) is 1.71. The fraction of sp³-hybridized carbons (Fsp3) is 0.333. The largest absolute Gasteiger partial charge is 0.339 e. The van der Waals surface area contributed by atoms with Crippen LogP contribution in [-0.4, -0.2) is 52.9 Å². The number of hydrogen-bond acceptors (Lipinski definition) is 5. The van der Waals surface area contributed by atoms with Crippen molar-refractivity contribution in [1.82, 2.24) is 14.9 Å². The number of nitrogens with zero attached hydrogens (tertiary/aromatic N) is 4. The first-order chi connectivity index (χ1) is 12.0. The van der Waals surface area contributed by atoms with E-state index in [0.717, 1.165) is 11.3 Å². The van der Waals surface area contributed by atoms with Gasteiger partial charge in [-0.1, -0.05) is 12.1 Å². The topological polar surface area (TPSA) is 78.4 Å². The Bertz CT molecular complexity index is 767. The van der Waals surface area contributed by atoms with Crippen LogP contribution >= 0.6 is 0 Å². The van der Waals surface area contributed by atoms with Crippen LogP contribution in [-0.2, 0) is 4.79 Å². The van der Waals surface area contributed by atoms with Gasteiger partial charge >= 0.3 is 0 Å². The Kier molecular flexibility index (Phi) is 4.92. The zero-order chi connectivity index (χ0) is 17.8. The normalized spacial score (nSPS) is 14.3. The van der Waals surface area contributed by atoms with E-state index in [9.17, 15) is 9.59 Å². The average molecular weight is 339 g/mol. The summed E-state index contributed by atoms with van der Waals surface area (Å²) < 4.78 is 0. The van der Waals surface area contributed by atoms with Crippen molar-refractivity contribution in [2.24, 2.45) is 0 Å². The highest BCUT2D eigenvalue weighted by atomic mass is 16.2. The van der Waals surface area contributed by atoms with Crippen molar-refractivity contribution in [2.45, 2.75) is 13.8 Å². The molecule has 3 rings (SSSR count). The molecule has 0 spiro atoms. The molecule has 0 aliphatic carbocycles. The van der Waals surface area contributed by atoms with Crippen LogP contribution in [0.3, 0.4) is 0 Å². The van der Waals surface area contributed by atoms with E-state index in [1.807, 2.05) is 36.1 Å². The third-order valence-corrected chi connectivity index (χ3v) is 4.18. The van der Waals surface area contributed by atoms with Crippen molar-refractivity contribution in [3.8, 4) is 0 Å². The molecule has 1 saturated heterocycles. The van der Waals surface area contributed by atoms with Crippen LogP contribution in [0.2, 0.25) is 0 Å². The Morgan fingerprint density at radius 1 is 1.08 bits per heavy atom. The second-order valence-electron chi connectivity index (χ2n) is 6.09. The van der Waals surface area contributed by atoms with Crippen molar-refractivity contribution in [2.75, 3.05) is 36.4 Å². The van der Waals surface area contributed by atoms with Crippen LogP contribution in [0.5, 0.6) is 0 Å². The van der Waals surface area contributed by atoms with Gasteiger partial charge in [-0.3, -0.25) is 9.59 Å². The molecule has 1 aromatic carbocycles. The van der Waals surface area contributed by atoms with Gasteiger partial charge in [0.05, 0.1) is 5.56 Å². The van der Waals surface area contributed by atoms with Crippen molar-refractivity contribution < 1.29 is 9.59 Å². The van der Waals surface area contributed by atoms with E-state index in [1.54, 1.807) is 11.8 Å². The molecule has 0 unspecified atom stereocenters. The molecule has 7 heteroatoms. The van der Waals surface area contributed by atoms with E-state index in [1.165, 1.54) is 12.4 Å². The molecular formula is C18H21N5O2. The quantitative estimate of drug-likeness (QED) is 0.921. The Balaban J connectivity index is 1.62. The first-order valence-electron chi connectivity index (χ1n) is 8.23. The standard InChI is InChI=1S/C18H21N5O2/c1-13-4-3-5-16(10-13)21-17(25)15-11-19-18(20-12-15)23-8-6-22(7-9-23)14(2)24/h3-5,10-12H,6-9H2,1-2H3,(H,21,25). The molecule has 2 aromatic rings. The zero-order valence-electron chi connectivity index (χ0n) is 14.4. The number of rotatable bonds is 3. The van der Waals surface area contributed by atoms with Crippen LogP contribution in [0.15, 0.2) is 36.7 Å². The fourth-order valence-corrected chi connectivity index (χ4v) is 2.75. The number of anilines is 2. The van der Waals surface area contributed by atoms with E-state index in [0.29, 0.717) is 37.7 Å². The maximum Gasteiger partial charge on any atom is 0.258 e. The van der Waals surface area contributed by atoms with Crippen LogP contribution in [0.25, 0.3) is 0 Å². The lowest BCUT2D eigenvalue weighted by Gasteiger charge is -2.34. The highest BCUT2D eigenvalue weighted by Gasteiger charge is 2.20. The second-order valence-corrected chi connectivity index (χ2v) is 6.09. The molecule has 1 fully saturated rings. The number of aryl methyl sites for hydroxylation is 1. The van der Waals surface area contributed by atoms with Gasteiger partial charge < -0.3 is 15.1 Å². The molecule has 1 N–H and O–H groups in total. The van der Waals surface area contributed by atoms with Gasteiger partial charge in [0.15, 0.2) is 0 Å². The number of piperazine rings is 1. The number of benzene rings is 1. The van der Waals surface area contributed by atoms with Crippen molar-refractivity contribution in [1.29, 1.82) is 0 Å². The maximum atomic E-state index is 12.3. The molecule has 25 heavy (non-hydrogen) atoms. The zero-order valence-corrected chi connectivity index (χ0v) is 14.4. The minimum atomic E-state index is -0.237. The summed E-state index contributed by atoms with van der Waals surface area (Å²) in [7, 11) is 0. The average Bonchev–Trinajstić information content (AvgIpc) is 2.62. The number of hydrogen-bond donors (Lipinski definition) is 1. The summed E-state index contributed by atoms with van der Waals surface area (Å²) in [4.78, 5) is 36.1. The first-order valence-corrected chi connectivity index (χ1v) is 8.23. The van der Waals surface area contributed by atoms with E-state index >= 15 is 0 Å². The van der Waals surface area contributed by atoms with Gasteiger partial charge in [-0.05, 0) is 24.6 Å². The highest BCUT2D eigenvalue weighted by Crippen LogP contribution is 2.13. The van der Waals surface area contributed by atoms with Crippen LogP contribution in [0, 0.1) is 6.92 Å². The summed E-state index contributed by atoms with van der Waals surface area (Å²) in [5.74, 6) is 0.428. The molecule has 1 aliphatic heterocycles. The number of carbonyl (C=O) groups is 2. The van der Waals surface area contributed by atoms with E-state index in [4.69, 9.17) is 0 Å². The van der Waals surface area contributed by atoms with Gasteiger partial charge in [0.1, 0.15) is 0 Å². The van der Waals surface area contributed by atoms with Crippen molar-refractivity contribution >= 4 is 23.5 Å². The molecule has 1 aromatic heterocycles. The SMILES string of the molecule is CC(=O)N1CCN(c2ncc(C(=O)Nc3cccc(C)c3)cn2)CC1. The molecule has 2 amide bonds. The van der Waals surface area contributed by atoms with E-state index in [-0.39, 0.29) is 11.8 Å². The van der Waals surface area contributed by atoms with E-state index in [2.05, 4.69) is 15.3 Å². The Labute approximate surface area is 146 Å². The molecule has 0 radical (unpaired) electrons. The Hall–Kier alpha value is -2.96. The number of aromatic nitrogens is 2. The predicted molar refractivity (Wildman–Crippen MR) is 95.6 cm³/mol. The molecular weight excluding hydrogens is 318 g/mol. The van der Waals surface area contributed by atoms with Gasteiger partial charge in [-0.15, -0.1) is 0 Å². The van der Waals surface area contributed by atoms with E-state index < -0.39 is 0 Å². The van der Waals surface area contributed by atoms with Crippen molar-refractivity contribution in [3.63, 3.8) is 0 Å². The number of nitrogens with one attached hydrogen (secondary N) is 1. The second kappa shape index (κ2) is 7.29. The van der Waals surface area contributed by atoms with Crippen LogP contribution < -0.4 is 10.2 Å². The Morgan fingerprint density at radius 2 is 1.76 bits per heavy atom. The summed E-state index contributed by atoms with van der Waals surface area (Å²) >= 11 is 0. The lowest BCUT2D eigenvalue weighted by atomic mass is 10.2. The van der Waals surface area contributed by atoms with Crippen LogP contribution in [0.1, 0.15) is 22.8 Å². The molecule has 2 heterocycles. The molecule has 1 aliphatic rings. The summed E-state index contributed by atoms with van der Waals surface area (Å²) in [5, 5.41) is 2.84. The van der Waals surface area contributed by atoms with Gasteiger partial charge in [-0.25, -0.2) is 9.97 Å². The molecule has 0 atom stereocenters. The summed E-state index contributed by atoms with van der Waals surface area (Å²) in [6.07, 6.45) is 3.07. The molecule has 7 nitrogen and oxygen atoms in total. The highest BCUT2D eigenvalue weighted by molar-refractivity contribution is 6.03. The maximum absolute atomic E-state index is 12.3. The molecule has 130 valence electrons. The third kappa shape index (κ3) is 4.12. The molecule has 0 bridgehead atoms. The Morgan fingerprint density at radius 3 is 2.36 bits per heavy atom. The lowest BCUT2D eigenvalue weighted by Crippen LogP contribution is -2.48. The van der Waals surface area contributed by atoms with Gasteiger partial charge in [0, 0.05) is 51.2 Å². The fourth-order valence-electron chi connectivity index (χ4n) is 2.75. The lowest BCUT2D eigenvalue weighted by molar-refractivity contribution is -0.129. The molecule has 0 saturated carbocycles. The minimum absolute atomic E-state index is 0.0868. The summed E-state index contributed by atoms with van der Waals surface area (Å²) in [6.45, 7) is 6.25.